The van der Waals surface area contributed by atoms with Crippen LogP contribution in [0.4, 0.5) is 13.2 Å². The van der Waals surface area contributed by atoms with Gasteiger partial charge in [0.05, 0.1) is 5.60 Å². The average Bonchev–Trinajstić information content (AvgIpc) is 2.53. The molecule has 1 aromatic rings. The van der Waals surface area contributed by atoms with Gasteiger partial charge < -0.3 is 5.11 Å². The monoisotopic (exact) mass is 414 g/mol. The summed E-state index contributed by atoms with van der Waals surface area (Å²) in [6.07, 6.45) is 0.624. The average molecular weight is 414 g/mol. The molecule has 1 aromatic carbocycles. The van der Waals surface area contributed by atoms with E-state index >= 15 is 0 Å². The molecule has 5 heteroatoms. The van der Waals surface area contributed by atoms with Crippen molar-refractivity contribution >= 4 is 13.3 Å². The van der Waals surface area contributed by atoms with Crippen molar-refractivity contribution in [3.8, 4) is 0 Å². The number of hydrogen-bond donors (Lipinski definition) is 1. The molecule has 1 rings (SSSR count). The van der Waals surface area contributed by atoms with Gasteiger partial charge in [0.15, 0.2) is 0 Å². The Labute approximate surface area is 178 Å². The number of hydrogen-bond acceptors (Lipinski definition) is 1. The third-order valence-electron chi connectivity index (χ3n) is 5.03. The normalized spacial score (nSPS) is 12.0. The maximum absolute atomic E-state index is 11.1. The van der Waals surface area contributed by atoms with Gasteiger partial charge in [0, 0.05) is 6.42 Å². The Kier molecular flexibility index (Phi) is 14.7. The molecule has 29 heavy (non-hydrogen) atoms. The van der Waals surface area contributed by atoms with Gasteiger partial charge in [0.25, 0.3) is 0 Å². The zero-order valence-corrected chi connectivity index (χ0v) is 19.8. The fourth-order valence-electron chi connectivity index (χ4n) is 2.27. The molecular formula is C24H42BF3O. The van der Waals surface area contributed by atoms with Gasteiger partial charge in [-0.05, 0) is 50.0 Å². The Bertz CT molecular complexity index is 510. The lowest BCUT2D eigenvalue weighted by molar-refractivity contribution is -0.134. The first-order valence-electron chi connectivity index (χ1n) is 10.7. The van der Waals surface area contributed by atoms with Gasteiger partial charge in [-0.2, -0.15) is 13.2 Å². The highest BCUT2D eigenvalue weighted by atomic mass is 19.4. The Morgan fingerprint density at radius 2 is 1.34 bits per heavy atom. The molecule has 1 N–H and O–H groups in total. The lowest BCUT2D eigenvalue weighted by atomic mass is 9.79. The number of aliphatic hydroxyl groups is 1. The zero-order chi connectivity index (χ0) is 23.3. The van der Waals surface area contributed by atoms with E-state index in [1.54, 1.807) is 0 Å². The van der Waals surface area contributed by atoms with E-state index in [4.69, 9.17) is 7.85 Å². The number of rotatable bonds is 6. The molecule has 0 saturated heterocycles. The van der Waals surface area contributed by atoms with Crippen LogP contribution in [0.15, 0.2) is 24.3 Å². The molecule has 0 spiro atoms. The molecule has 0 saturated carbocycles. The van der Waals surface area contributed by atoms with Crippen LogP contribution in [-0.4, -0.2) is 24.7 Å². The highest BCUT2D eigenvalue weighted by Gasteiger charge is 2.29. The summed E-state index contributed by atoms with van der Waals surface area (Å²) in [5.74, 6) is 0.702. The quantitative estimate of drug-likeness (QED) is 0.484. The fraction of sp³-hybridized carbons (Fsp3) is 0.750. The van der Waals surface area contributed by atoms with Crippen LogP contribution in [-0.2, 0) is 0 Å². The lowest BCUT2D eigenvalue weighted by Gasteiger charge is -2.33. The standard InChI is InChI=1S/C13H19B.C7H16O.C4H7F3/c1-3-6-11(7-4-2)12-8-5-9-13(14)10-12;1-6(2,3)7(4,5)8;1-2-3-4(5,6)7/h5,8-11H,3-4,6-7H2,1-2H3;8H,1-5H3;2-3H2,1H3. The van der Waals surface area contributed by atoms with Crippen molar-refractivity contribution in [2.24, 2.45) is 5.41 Å². The molecule has 0 aromatic heterocycles. The predicted octanol–water partition coefficient (Wildman–Crippen LogP) is 7.32. The first kappa shape index (κ1) is 30.2. The van der Waals surface area contributed by atoms with Gasteiger partial charge >= 0.3 is 6.18 Å². The molecule has 0 aliphatic rings. The molecule has 0 aliphatic heterocycles. The number of benzene rings is 1. The van der Waals surface area contributed by atoms with Gasteiger partial charge in [-0.15, -0.1) is 0 Å². The molecule has 1 nitrogen and oxygen atoms in total. The fourth-order valence-corrected chi connectivity index (χ4v) is 2.27. The van der Waals surface area contributed by atoms with Gasteiger partial charge in [-0.1, -0.05) is 84.1 Å². The van der Waals surface area contributed by atoms with E-state index in [2.05, 4.69) is 32.0 Å². The second-order valence-electron chi connectivity index (χ2n) is 9.12. The summed E-state index contributed by atoms with van der Waals surface area (Å²) in [6, 6.07) is 8.34. The zero-order valence-electron chi connectivity index (χ0n) is 19.8. The third kappa shape index (κ3) is 16.5. The van der Waals surface area contributed by atoms with Crippen molar-refractivity contribution in [1.29, 1.82) is 0 Å². The van der Waals surface area contributed by atoms with Crippen molar-refractivity contribution in [2.75, 3.05) is 0 Å². The molecule has 0 atom stereocenters. The van der Waals surface area contributed by atoms with Crippen LogP contribution in [0.1, 0.15) is 105 Å². The molecule has 0 aliphatic carbocycles. The lowest BCUT2D eigenvalue weighted by Crippen LogP contribution is -2.35. The van der Waals surface area contributed by atoms with E-state index in [0.717, 1.165) is 5.46 Å². The van der Waals surface area contributed by atoms with E-state index in [0.29, 0.717) is 5.92 Å². The van der Waals surface area contributed by atoms with Crippen LogP contribution in [0, 0.1) is 5.41 Å². The van der Waals surface area contributed by atoms with Crippen LogP contribution < -0.4 is 5.46 Å². The van der Waals surface area contributed by atoms with Crippen molar-refractivity contribution in [3.05, 3.63) is 29.8 Å². The van der Waals surface area contributed by atoms with Gasteiger partial charge in [0.2, 0.25) is 0 Å². The van der Waals surface area contributed by atoms with Crippen LogP contribution in [0.2, 0.25) is 0 Å². The third-order valence-corrected chi connectivity index (χ3v) is 5.03. The minimum atomic E-state index is -3.95. The maximum Gasteiger partial charge on any atom is 0.389 e. The van der Waals surface area contributed by atoms with Crippen molar-refractivity contribution in [2.45, 2.75) is 112 Å². The molecule has 0 amide bonds. The number of halogens is 3. The Morgan fingerprint density at radius 3 is 1.59 bits per heavy atom. The highest BCUT2D eigenvalue weighted by molar-refractivity contribution is 6.32. The van der Waals surface area contributed by atoms with Gasteiger partial charge in [0.1, 0.15) is 7.85 Å². The summed E-state index contributed by atoms with van der Waals surface area (Å²) in [5.41, 5.74) is 1.73. The Morgan fingerprint density at radius 1 is 0.897 bits per heavy atom. The predicted molar refractivity (Wildman–Crippen MR) is 121 cm³/mol. The van der Waals surface area contributed by atoms with Crippen LogP contribution >= 0.6 is 0 Å². The van der Waals surface area contributed by atoms with Gasteiger partial charge in [-0.3, -0.25) is 0 Å². The molecule has 0 bridgehead atoms. The van der Waals surface area contributed by atoms with Crippen molar-refractivity contribution in [1.82, 2.24) is 0 Å². The summed E-state index contributed by atoms with van der Waals surface area (Å²) in [7, 11) is 5.79. The van der Waals surface area contributed by atoms with E-state index in [9.17, 15) is 18.3 Å². The second kappa shape index (κ2) is 14.1. The molecular weight excluding hydrogens is 372 g/mol. The topological polar surface area (TPSA) is 20.2 Å². The Hall–Kier alpha value is -0.965. The Balaban J connectivity index is 0. The van der Waals surface area contributed by atoms with E-state index in [1.807, 2.05) is 40.7 Å². The largest absolute Gasteiger partial charge is 0.390 e. The summed E-state index contributed by atoms with van der Waals surface area (Å²) in [4.78, 5) is 0. The van der Waals surface area contributed by atoms with E-state index in [1.165, 1.54) is 38.2 Å². The molecule has 0 heterocycles. The van der Waals surface area contributed by atoms with Crippen molar-refractivity contribution < 1.29 is 18.3 Å². The maximum atomic E-state index is 11.1. The summed E-state index contributed by atoms with van der Waals surface area (Å²) in [5, 5.41) is 9.35. The number of alkyl halides is 3. The van der Waals surface area contributed by atoms with Crippen LogP contribution in [0.3, 0.4) is 0 Å². The van der Waals surface area contributed by atoms with E-state index in [-0.39, 0.29) is 11.8 Å². The summed E-state index contributed by atoms with van der Waals surface area (Å²) >= 11 is 0. The van der Waals surface area contributed by atoms with Crippen LogP contribution in [0.25, 0.3) is 0 Å². The molecule has 0 unspecified atom stereocenters. The SMILES string of the molecule is CC(C)(C)C(C)(C)O.CCCC(F)(F)F.[B]c1cccc(C(CCC)CCC)c1. The highest BCUT2D eigenvalue weighted by Crippen LogP contribution is 2.28. The second-order valence-corrected chi connectivity index (χ2v) is 9.12. The van der Waals surface area contributed by atoms with Gasteiger partial charge in [-0.25, -0.2) is 0 Å². The van der Waals surface area contributed by atoms with E-state index < -0.39 is 18.2 Å². The molecule has 2 radical (unpaired) electrons. The minimum absolute atomic E-state index is 0.00694. The first-order chi connectivity index (χ1) is 13.1. The smallest absolute Gasteiger partial charge is 0.389 e. The molecule has 0 fully saturated rings. The van der Waals surface area contributed by atoms with Crippen LogP contribution in [0.5, 0.6) is 0 Å². The molecule has 168 valence electrons. The summed E-state index contributed by atoms with van der Waals surface area (Å²) < 4.78 is 33.2. The minimum Gasteiger partial charge on any atom is -0.390 e. The first-order valence-corrected chi connectivity index (χ1v) is 10.7. The summed E-state index contributed by atoms with van der Waals surface area (Å²) in [6.45, 7) is 15.7. The van der Waals surface area contributed by atoms with Crippen molar-refractivity contribution in [3.63, 3.8) is 0 Å².